The molecule has 0 saturated heterocycles. The quantitative estimate of drug-likeness (QED) is 0.629. The van der Waals surface area contributed by atoms with Crippen molar-refractivity contribution >= 4 is 17.1 Å². The van der Waals surface area contributed by atoms with Gasteiger partial charge in [-0.3, -0.25) is 0 Å². The zero-order chi connectivity index (χ0) is 17.9. The summed E-state index contributed by atoms with van der Waals surface area (Å²) in [5.74, 6) is 1.74. The second-order valence-corrected chi connectivity index (χ2v) is 6.93. The van der Waals surface area contributed by atoms with Gasteiger partial charge in [-0.25, -0.2) is 9.37 Å². The Morgan fingerprint density at radius 2 is 2.00 bits per heavy atom. The lowest BCUT2D eigenvalue weighted by molar-refractivity contribution is 0.413. The zero-order valence-electron chi connectivity index (χ0n) is 15.0. The van der Waals surface area contributed by atoms with E-state index in [1.54, 1.807) is 19.2 Å². The van der Waals surface area contributed by atoms with Crippen molar-refractivity contribution in [3.63, 3.8) is 0 Å². The second-order valence-electron chi connectivity index (χ2n) is 6.93. The molecule has 0 bridgehead atoms. The third-order valence-electron chi connectivity index (χ3n) is 5.16. The first-order valence-electron chi connectivity index (χ1n) is 9.25. The van der Waals surface area contributed by atoms with Crippen molar-refractivity contribution in [3.8, 4) is 16.9 Å². The maximum Gasteiger partial charge on any atom is 0.134 e. The topological polar surface area (TPSA) is 37.9 Å². The van der Waals surface area contributed by atoms with Gasteiger partial charge in [0.25, 0.3) is 0 Å². The van der Waals surface area contributed by atoms with Crippen LogP contribution in [0.2, 0.25) is 0 Å². The number of aromatic nitrogens is 2. The molecule has 1 aliphatic rings. The Labute approximate surface area is 152 Å². The van der Waals surface area contributed by atoms with Gasteiger partial charge >= 0.3 is 0 Å². The Kier molecular flexibility index (Phi) is 4.74. The van der Waals surface area contributed by atoms with Gasteiger partial charge < -0.3 is 9.72 Å². The van der Waals surface area contributed by atoms with E-state index in [0.717, 1.165) is 22.4 Å². The molecule has 0 amide bonds. The van der Waals surface area contributed by atoms with Gasteiger partial charge in [0.1, 0.15) is 17.4 Å². The Bertz CT molecular complexity index is 938. The normalized spacial score (nSPS) is 15.8. The molecule has 0 spiro atoms. The number of ether oxygens (including phenoxy) is 1. The van der Waals surface area contributed by atoms with Crippen LogP contribution in [0.25, 0.3) is 28.2 Å². The van der Waals surface area contributed by atoms with Crippen LogP contribution in [0.5, 0.6) is 5.75 Å². The van der Waals surface area contributed by atoms with Gasteiger partial charge in [0.15, 0.2) is 0 Å². The molecule has 0 unspecified atom stereocenters. The van der Waals surface area contributed by atoms with E-state index in [0.29, 0.717) is 17.2 Å². The highest BCUT2D eigenvalue weighted by Crippen LogP contribution is 2.34. The summed E-state index contributed by atoms with van der Waals surface area (Å²) < 4.78 is 19.7. The molecule has 0 aliphatic heterocycles. The van der Waals surface area contributed by atoms with Gasteiger partial charge in [0.2, 0.25) is 0 Å². The molecule has 1 aromatic heterocycles. The summed E-state index contributed by atoms with van der Waals surface area (Å²) in [6.45, 7) is 0. The van der Waals surface area contributed by atoms with Crippen molar-refractivity contribution in [3.05, 3.63) is 54.1 Å². The first-order valence-corrected chi connectivity index (χ1v) is 9.25. The molecule has 26 heavy (non-hydrogen) atoms. The third kappa shape index (κ3) is 3.36. The highest BCUT2D eigenvalue weighted by atomic mass is 19.1. The average molecular weight is 350 g/mol. The number of allylic oxidation sites excluding steroid dienone is 1. The molecule has 1 N–H and O–H groups in total. The van der Waals surface area contributed by atoms with E-state index in [1.807, 2.05) is 18.2 Å². The minimum Gasteiger partial charge on any atom is -0.496 e. The molecule has 1 aliphatic carbocycles. The number of methoxy groups -OCH3 is 1. The number of hydrogen-bond donors (Lipinski definition) is 1. The Balaban J connectivity index is 1.65. The number of nitrogens with one attached hydrogen (secondary N) is 1. The Morgan fingerprint density at radius 1 is 1.15 bits per heavy atom. The fourth-order valence-corrected chi connectivity index (χ4v) is 3.77. The largest absolute Gasteiger partial charge is 0.496 e. The summed E-state index contributed by atoms with van der Waals surface area (Å²) in [6, 6.07) is 10.6. The summed E-state index contributed by atoms with van der Waals surface area (Å²) >= 11 is 0. The van der Waals surface area contributed by atoms with Gasteiger partial charge in [-0.2, -0.15) is 0 Å². The summed E-state index contributed by atoms with van der Waals surface area (Å²) in [6.07, 6.45) is 10.9. The van der Waals surface area contributed by atoms with Crippen molar-refractivity contribution in [2.45, 2.75) is 32.1 Å². The lowest BCUT2D eigenvalue weighted by atomic mass is 9.89. The lowest BCUT2D eigenvalue weighted by Gasteiger charge is -2.17. The SMILES string of the molecule is COc1cccc(F)c1-c1ccc2[nH]c(C=CC3CCCCC3)nc2c1. The minimum absolute atomic E-state index is 0.295. The Hall–Kier alpha value is -2.62. The summed E-state index contributed by atoms with van der Waals surface area (Å²) in [7, 11) is 1.56. The number of halogens is 1. The minimum atomic E-state index is -0.295. The van der Waals surface area contributed by atoms with Gasteiger partial charge in [0, 0.05) is 0 Å². The monoisotopic (exact) mass is 350 g/mol. The molecule has 3 nitrogen and oxygen atoms in total. The van der Waals surface area contributed by atoms with Crippen molar-refractivity contribution in [2.24, 2.45) is 5.92 Å². The highest BCUT2D eigenvalue weighted by Gasteiger charge is 2.13. The molecule has 0 atom stereocenters. The average Bonchev–Trinajstić information content (AvgIpc) is 3.09. The molecule has 2 aromatic carbocycles. The number of benzene rings is 2. The maximum absolute atomic E-state index is 14.3. The number of H-pyrrole nitrogens is 1. The van der Waals surface area contributed by atoms with Gasteiger partial charge in [-0.15, -0.1) is 0 Å². The smallest absolute Gasteiger partial charge is 0.134 e. The van der Waals surface area contributed by atoms with Crippen molar-refractivity contribution in [2.75, 3.05) is 7.11 Å². The predicted octanol–water partition coefficient (Wildman–Crippen LogP) is 5.97. The van der Waals surface area contributed by atoms with Crippen molar-refractivity contribution in [1.82, 2.24) is 9.97 Å². The molecule has 4 rings (SSSR count). The number of imidazole rings is 1. The zero-order valence-corrected chi connectivity index (χ0v) is 15.0. The van der Waals surface area contributed by atoms with Crippen LogP contribution < -0.4 is 4.74 Å². The van der Waals surface area contributed by atoms with Crippen molar-refractivity contribution in [1.29, 1.82) is 0 Å². The van der Waals surface area contributed by atoms with Crippen LogP contribution in [0.15, 0.2) is 42.5 Å². The van der Waals surface area contributed by atoms with E-state index in [-0.39, 0.29) is 5.82 Å². The molecule has 1 heterocycles. The number of rotatable bonds is 4. The van der Waals surface area contributed by atoms with Crippen LogP contribution in [0, 0.1) is 11.7 Å². The number of aromatic amines is 1. The standard InChI is InChI=1S/C22H23FN2O/c1-26-20-9-5-8-17(23)22(20)16-11-12-18-19(14-16)25-21(24-18)13-10-15-6-3-2-4-7-15/h5,8-15H,2-4,6-7H2,1H3,(H,24,25). The van der Waals surface area contributed by atoms with E-state index < -0.39 is 0 Å². The second kappa shape index (κ2) is 7.32. The van der Waals surface area contributed by atoms with E-state index in [2.05, 4.69) is 22.1 Å². The maximum atomic E-state index is 14.3. The Morgan fingerprint density at radius 3 is 2.81 bits per heavy atom. The number of hydrogen-bond acceptors (Lipinski definition) is 2. The van der Waals surface area contributed by atoms with Gasteiger partial charge in [-0.1, -0.05) is 37.5 Å². The first kappa shape index (κ1) is 16.8. The summed E-state index contributed by atoms with van der Waals surface area (Å²) in [4.78, 5) is 8.00. The van der Waals surface area contributed by atoms with Crippen LogP contribution in [0.4, 0.5) is 4.39 Å². The molecular formula is C22H23FN2O. The molecule has 1 fully saturated rings. The summed E-state index contributed by atoms with van der Waals surface area (Å²) in [5.41, 5.74) is 3.02. The molecule has 0 radical (unpaired) electrons. The van der Waals surface area contributed by atoms with E-state index in [9.17, 15) is 4.39 Å². The van der Waals surface area contributed by atoms with Gasteiger partial charge in [-0.05, 0) is 54.7 Å². The van der Waals surface area contributed by atoms with E-state index in [1.165, 1.54) is 38.2 Å². The van der Waals surface area contributed by atoms with Crippen molar-refractivity contribution < 1.29 is 9.13 Å². The summed E-state index contributed by atoms with van der Waals surface area (Å²) in [5, 5.41) is 0. The fourth-order valence-electron chi connectivity index (χ4n) is 3.77. The van der Waals surface area contributed by atoms with E-state index >= 15 is 0 Å². The van der Waals surface area contributed by atoms with Crippen LogP contribution in [-0.4, -0.2) is 17.1 Å². The van der Waals surface area contributed by atoms with Crippen LogP contribution in [0.3, 0.4) is 0 Å². The molecular weight excluding hydrogens is 327 g/mol. The first-order chi connectivity index (χ1) is 12.7. The van der Waals surface area contributed by atoms with Crippen LogP contribution in [-0.2, 0) is 0 Å². The molecule has 134 valence electrons. The lowest BCUT2D eigenvalue weighted by Crippen LogP contribution is -2.02. The van der Waals surface area contributed by atoms with Gasteiger partial charge in [0.05, 0.1) is 23.7 Å². The molecule has 4 heteroatoms. The third-order valence-corrected chi connectivity index (χ3v) is 5.16. The predicted molar refractivity (Wildman–Crippen MR) is 104 cm³/mol. The van der Waals surface area contributed by atoms with Crippen LogP contribution in [0.1, 0.15) is 37.9 Å². The number of nitrogens with zero attached hydrogens (tertiary/aromatic N) is 1. The molecule has 1 saturated carbocycles. The van der Waals surface area contributed by atoms with Crippen LogP contribution >= 0.6 is 0 Å². The number of fused-ring (bicyclic) bond motifs is 1. The highest BCUT2D eigenvalue weighted by molar-refractivity contribution is 5.84. The van der Waals surface area contributed by atoms with E-state index in [4.69, 9.17) is 4.74 Å². The molecule has 3 aromatic rings. The fraction of sp³-hybridized carbons (Fsp3) is 0.318.